The van der Waals surface area contributed by atoms with Gasteiger partial charge in [0.15, 0.2) is 0 Å². The molecule has 0 heterocycles. The molecule has 0 aliphatic rings. The van der Waals surface area contributed by atoms with E-state index in [0.29, 0.717) is 13.0 Å². The largest absolute Gasteiger partial charge is 0.396 e. The lowest BCUT2D eigenvalue weighted by Crippen LogP contribution is -2.28. The highest BCUT2D eigenvalue weighted by molar-refractivity contribution is 4.64. The van der Waals surface area contributed by atoms with Gasteiger partial charge in [0.05, 0.1) is 12.2 Å². The molecule has 0 atom stereocenters. The van der Waals surface area contributed by atoms with Gasteiger partial charge in [-0.3, -0.25) is 0 Å². The maximum atomic E-state index is 7.91. The van der Waals surface area contributed by atoms with Crippen LogP contribution in [0.25, 0.3) is 0 Å². The summed E-state index contributed by atoms with van der Waals surface area (Å²) < 4.78 is 9.93. The van der Waals surface area contributed by atoms with Crippen molar-refractivity contribution in [3.8, 4) is 0 Å². The molecule has 0 aliphatic heterocycles. The molecule has 2 N–H and O–H groups in total. The van der Waals surface area contributed by atoms with E-state index in [-0.39, 0.29) is 18.8 Å². The summed E-state index contributed by atoms with van der Waals surface area (Å²) in [6.45, 7) is 4.80. The fraction of sp³-hybridized carbons (Fsp3) is 1.00. The molecule has 0 saturated heterocycles. The Kier molecular flexibility index (Phi) is 11.7. The zero-order chi connectivity index (χ0) is 10.7. The first-order valence-corrected chi connectivity index (χ1v) is 4.30. The van der Waals surface area contributed by atoms with Crippen molar-refractivity contribution in [1.82, 2.24) is 0 Å². The number of hydrogen-bond acceptors (Lipinski definition) is 4. The van der Waals surface area contributed by atoms with Gasteiger partial charge in [0.2, 0.25) is 0 Å². The predicted molar refractivity (Wildman–Crippen MR) is 51.8 cm³/mol. The minimum Gasteiger partial charge on any atom is -0.396 e. The van der Waals surface area contributed by atoms with E-state index in [0.717, 1.165) is 0 Å². The van der Waals surface area contributed by atoms with Gasteiger partial charge in [-0.2, -0.15) is 0 Å². The van der Waals surface area contributed by atoms with E-state index in [1.54, 1.807) is 14.2 Å². The second-order valence-electron chi connectivity index (χ2n) is 3.20. The molecule has 0 aromatic carbocycles. The number of rotatable bonds is 5. The molecule has 13 heavy (non-hydrogen) atoms. The molecule has 4 heteroatoms. The van der Waals surface area contributed by atoms with Crippen molar-refractivity contribution in [2.24, 2.45) is 0 Å². The minimum absolute atomic E-state index is 0.0938. The maximum Gasteiger partial charge on any atom is 0.0855 e. The Morgan fingerprint density at radius 1 is 1.08 bits per heavy atom. The molecule has 0 fully saturated rings. The van der Waals surface area contributed by atoms with Gasteiger partial charge in [0, 0.05) is 27.4 Å². The van der Waals surface area contributed by atoms with Gasteiger partial charge >= 0.3 is 0 Å². The lowest BCUT2D eigenvalue weighted by molar-refractivity contribution is -0.0370. The zero-order valence-corrected chi connectivity index (χ0v) is 9.04. The maximum absolute atomic E-state index is 7.91. The van der Waals surface area contributed by atoms with E-state index in [1.807, 2.05) is 13.8 Å². The molecular formula is C9H22O4. The Morgan fingerprint density at radius 2 is 1.54 bits per heavy atom. The van der Waals surface area contributed by atoms with Crippen LogP contribution in [0, 0.1) is 0 Å². The average molecular weight is 194 g/mol. The second kappa shape index (κ2) is 9.92. The highest BCUT2D eigenvalue weighted by Crippen LogP contribution is 2.05. The predicted octanol–water partition coefficient (Wildman–Crippen LogP) is 0.419. The number of ether oxygens (including phenoxy) is 2. The molecule has 0 aromatic heterocycles. The van der Waals surface area contributed by atoms with Crippen LogP contribution in [0.4, 0.5) is 0 Å². The molecule has 0 aromatic rings. The topological polar surface area (TPSA) is 58.9 Å². The van der Waals surface area contributed by atoms with Crippen molar-refractivity contribution < 1.29 is 19.7 Å². The molecule has 4 nitrogen and oxygen atoms in total. The summed E-state index contributed by atoms with van der Waals surface area (Å²) in [5, 5.41) is 15.8. The highest BCUT2D eigenvalue weighted by Gasteiger charge is 2.14. The van der Waals surface area contributed by atoms with Gasteiger partial charge in [-0.1, -0.05) is 0 Å². The molecule has 0 rings (SSSR count). The van der Waals surface area contributed by atoms with Crippen LogP contribution < -0.4 is 0 Å². The van der Waals surface area contributed by atoms with Crippen LogP contribution in [0.3, 0.4) is 0 Å². The molecule has 0 saturated carbocycles. The first-order chi connectivity index (χ1) is 6.04. The van der Waals surface area contributed by atoms with Crippen LogP contribution in [-0.2, 0) is 9.47 Å². The van der Waals surface area contributed by atoms with E-state index in [1.165, 1.54) is 0 Å². The molecule has 82 valence electrons. The monoisotopic (exact) mass is 194 g/mol. The highest BCUT2D eigenvalue weighted by atomic mass is 16.5. The minimum atomic E-state index is -0.130. The van der Waals surface area contributed by atoms with Crippen molar-refractivity contribution >= 4 is 0 Å². The Bertz CT molecular complexity index is 91.6. The van der Waals surface area contributed by atoms with Gasteiger partial charge in [0.25, 0.3) is 0 Å². The molecular weight excluding hydrogens is 172 g/mol. The van der Waals surface area contributed by atoms with Gasteiger partial charge in [-0.05, 0) is 20.3 Å². The number of hydrogen-bond donors (Lipinski definition) is 2. The number of aliphatic hydroxyl groups is 2. The molecule has 0 amide bonds. The summed E-state index contributed by atoms with van der Waals surface area (Å²) in [6, 6.07) is 0. The van der Waals surface area contributed by atoms with E-state index < -0.39 is 0 Å². The van der Waals surface area contributed by atoms with Crippen LogP contribution in [0.1, 0.15) is 20.3 Å². The van der Waals surface area contributed by atoms with E-state index in [4.69, 9.17) is 19.7 Å². The quantitative estimate of drug-likeness (QED) is 0.666. The van der Waals surface area contributed by atoms with E-state index >= 15 is 0 Å². The Hall–Kier alpha value is -0.160. The van der Waals surface area contributed by atoms with Crippen molar-refractivity contribution in [3.05, 3.63) is 0 Å². The van der Waals surface area contributed by atoms with Crippen LogP contribution in [0.2, 0.25) is 0 Å². The van der Waals surface area contributed by atoms with Gasteiger partial charge < -0.3 is 19.7 Å². The fourth-order valence-corrected chi connectivity index (χ4v) is 0.477. The lowest BCUT2D eigenvalue weighted by Gasteiger charge is -2.20. The molecule has 0 aliphatic carbocycles. The van der Waals surface area contributed by atoms with Crippen LogP contribution in [0.15, 0.2) is 0 Å². The number of methoxy groups -OCH3 is 2. The van der Waals surface area contributed by atoms with Gasteiger partial charge in [-0.25, -0.2) is 0 Å². The summed E-state index contributed by atoms with van der Waals surface area (Å²) in [6.07, 6.45) is 0.500. The normalized spacial score (nSPS) is 10.6. The standard InChI is InChI=1S/C6H14O2.C3H8O2/c1-6(2,8-4)5-7-3;4-2-1-3-5/h5H2,1-4H3;4-5H,1-3H2. The summed E-state index contributed by atoms with van der Waals surface area (Å²) in [5.74, 6) is 0. The van der Waals surface area contributed by atoms with E-state index in [9.17, 15) is 0 Å². The van der Waals surface area contributed by atoms with Gasteiger partial charge in [0.1, 0.15) is 0 Å². The Balaban J connectivity index is 0. The summed E-state index contributed by atoms with van der Waals surface area (Å²) in [5.41, 5.74) is -0.130. The first-order valence-electron chi connectivity index (χ1n) is 4.30. The van der Waals surface area contributed by atoms with Crippen LogP contribution in [0.5, 0.6) is 0 Å². The number of aliphatic hydroxyl groups excluding tert-OH is 2. The van der Waals surface area contributed by atoms with Crippen molar-refractivity contribution in [3.63, 3.8) is 0 Å². The van der Waals surface area contributed by atoms with Crippen LogP contribution in [-0.4, -0.2) is 49.9 Å². The first kappa shape index (κ1) is 15.3. The molecule has 0 unspecified atom stereocenters. The van der Waals surface area contributed by atoms with E-state index in [2.05, 4.69) is 0 Å². The van der Waals surface area contributed by atoms with Crippen molar-refractivity contribution in [1.29, 1.82) is 0 Å². The zero-order valence-electron chi connectivity index (χ0n) is 9.04. The third-order valence-corrected chi connectivity index (χ3v) is 1.36. The van der Waals surface area contributed by atoms with Crippen LogP contribution >= 0.6 is 0 Å². The third kappa shape index (κ3) is 14.7. The molecule has 0 radical (unpaired) electrons. The Morgan fingerprint density at radius 3 is 1.62 bits per heavy atom. The third-order valence-electron chi connectivity index (χ3n) is 1.36. The molecule has 0 bridgehead atoms. The molecule has 0 spiro atoms. The fourth-order valence-electron chi connectivity index (χ4n) is 0.477. The smallest absolute Gasteiger partial charge is 0.0855 e. The SMILES string of the molecule is COCC(C)(C)OC.OCCCO. The van der Waals surface area contributed by atoms with Gasteiger partial charge in [-0.15, -0.1) is 0 Å². The van der Waals surface area contributed by atoms with Crippen molar-refractivity contribution in [2.45, 2.75) is 25.9 Å². The summed E-state index contributed by atoms with van der Waals surface area (Å²) in [7, 11) is 3.35. The summed E-state index contributed by atoms with van der Waals surface area (Å²) >= 11 is 0. The lowest BCUT2D eigenvalue weighted by atomic mass is 10.2. The summed E-state index contributed by atoms with van der Waals surface area (Å²) in [4.78, 5) is 0. The average Bonchev–Trinajstić information content (AvgIpc) is 2.07. The second-order valence-corrected chi connectivity index (χ2v) is 3.20. The van der Waals surface area contributed by atoms with Crippen molar-refractivity contribution in [2.75, 3.05) is 34.0 Å². The Labute approximate surface area is 80.5 Å².